The van der Waals surface area contributed by atoms with E-state index in [2.05, 4.69) is 10.6 Å². The number of nitrogens with one attached hydrogen (secondary N) is 3. The predicted octanol–water partition coefficient (Wildman–Crippen LogP) is 8.91. The fourth-order valence-electron chi connectivity index (χ4n) is 4.40. The summed E-state index contributed by atoms with van der Waals surface area (Å²) in [6, 6.07) is 21.6. The number of alkyl halides is 3. The van der Waals surface area contributed by atoms with Gasteiger partial charge in [-0.15, -0.1) is 11.8 Å². The van der Waals surface area contributed by atoms with E-state index in [1.54, 1.807) is 47.8 Å². The number of hydrogen-bond acceptors (Lipinski definition) is 4. The van der Waals surface area contributed by atoms with E-state index in [9.17, 15) is 45.1 Å². The van der Waals surface area contributed by atoms with Crippen molar-refractivity contribution in [1.82, 2.24) is 5.32 Å². The summed E-state index contributed by atoms with van der Waals surface area (Å²) < 4.78 is 95.3. The van der Waals surface area contributed by atoms with Crippen molar-refractivity contribution in [2.75, 3.05) is 10.6 Å². The van der Waals surface area contributed by atoms with Crippen LogP contribution < -0.4 is 16.0 Å². The van der Waals surface area contributed by atoms with Gasteiger partial charge in [-0.3, -0.25) is 14.4 Å². The number of benzene rings is 4. The summed E-state index contributed by atoms with van der Waals surface area (Å²) in [6.07, 6.45) is -4.23. The van der Waals surface area contributed by atoms with Crippen molar-refractivity contribution in [2.45, 2.75) is 43.0 Å². The standard InChI is InChI=1S/C35H28F7N3O3S/c1-18(2)21-14-12-20(13-15-21)16-25(44-33(47)22-8-5-4-6-9-22)34(48)43-23-10-7-11-24(17-23)49-19(3)32(46)45-31-29(38)27(36)26(35(40,41)42)28(37)30(31)39/h4-19H,1-3H3,(H,43,48)(H,44,47)(H,45,46)/b25-16+. The monoisotopic (exact) mass is 703 g/mol. The van der Waals surface area contributed by atoms with E-state index in [1.165, 1.54) is 37.3 Å². The van der Waals surface area contributed by atoms with E-state index in [-0.39, 0.29) is 17.3 Å². The molecule has 0 fully saturated rings. The van der Waals surface area contributed by atoms with Crippen LogP contribution >= 0.6 is 11.8 Å². The highest BCUT2D eigenvalue weighted by atomic mass is 32.2. The highest BCUT2D eigenvalue weighted by Crippen LogP contribution is 2.39. The number of rotatable bonds is 10. The largest absolute Gasteiger partial charge is 0.422 e. The van der Waals surface area contributed by atoms with E-state index in [0.29, 0.717) is 16.0 Å². The quantitative estimate of drug-likeness (QED) is 0.0667. The first-order valence-electron chi connectivity index (χ1n) is 14.6. The van der Waals surface area contributed by atoms with E-state index in [1.807, 2.05) is 26.0 Å². The number of halogens is 7. The zero-order valence-electron chi connectivity index (χ0n) is 26.0. The zero-order chi connectivity index (χ0) is 36.0. The van der Waals surface area contributed by atoms with Crippen LogP contribution in [0.3, 0.4) is 0 Å². The Morgan fingerprint density at radius 2 is 1.37 bits per heavy atom. The number of anilines is 2. The Morgan fingerprint density at radius 1 is 0.755 bits per heavy atom. The van der Waals surface area contributed by atoms with E-state index < -0.39 is 63.7 Å². The van der Waals surface area contributed by atoms with Crippen molar-refractivity contribution >= 4 is 46.9 Å². The van der Waals surface area contributed by atoms with Gasteiger partial charge in [0.2, 0.25) is 5.91 Å². The first-order chi connectivity index (χ1) is 23.1. The molecule has 0 radical (unpaired) electrons. The van der Waals surface area contributed by atoms with Crippen LogP contribution in [0, 0.1) is 23.3 Å². The van der Waals surface area contributed by atoms with Gasteiger partial charge in [0, 0.05) is 16.1 Å². The minimum atomic E-state index is -5.73. The molecule has 0 aromatic heterocycles. The smallest absolute Gasteiger partial charge is 0.321 e. The Bertz CT molecular complexity index is 1870. The zero-order valence-corrected chi connectivity index (χ0v) is 26.8. The Morgan fingerprint density at radius 3 is 1.94 bits per heavy atom. The second kappa shape index (κ2) is 15.4. The third-order valence-electron chi connectivity index (χ3n) is 7.01. The van der Waals surface area contributed by atoms with Crippen molar-refractivity contribution in [2.24, 2.45) is 0 Å². The Hall–Kier alpha value is -5.11. The van der Waals surface area contributed by atoms with Crippen LogP contribution in [0.15, 0.2) is 89.5 Å². The van der Waals surface area contributed by atoms with Gasteiger partial charge in [-0.25, -0.2) is 17.6 Å². The van der Waals surface area contributed by atoms with Crippen LogP contribution in [0.5, 0.6) is 0 Å². The molecule has 0 heterocycles. The Balaban J connectivity index is 1.52. The van der Waals surface area contributed by atoms with Gasteiger partial charge in [0.1, 0.15) is 16.9 Å². The van der Waals surface area contributed by atoms with Crippen LogP contribution in [-0.2, 0) is 15.8 Å². The molecule has 1 atom stereocenters. The molecule has 0 saturated carbocycles. The molecular formula is C35H28F7N3O3S. The molecule has 256 valence electrons. The first kappa shape index (κ1) is 36.7. The van der Waals surface area contributed by atoms with Crippen LogP contribution in [-0.4, -0.2) is 23.0 Å². The molecule has 4 rings (SSSR count). The summed E-state index contributed by atoms with van der Waals surface area (Å²) in [4.78, 5) is 39.4. The van der Waals surface area contributed by atoms with Gasteiger partial charge < -0.3 is 16.0 Å². The number of carbonyl (C=O) groups is 3. The molecule has 1 unspecified atom stereocenters. The van der Waals surface area contributed by atoms with Crippen molar-refractivity contribution in [3.05, 3.63) is 130 Å². The fourth-order valence-corrected chi connectivity index (χ4v) is 5.33. The molecule has 0 bridgehead atoms. The summed E-state index contributed by atoms with van der Waals surface area (Å²) in [7, 11) is 0. The van der Waals surface area contributed by atoms with Crippen molar-refractivity contribution in [3.8, 4) is 0 Å². The van der Waals surface area contributed by atoms with Crippen molar-refractivity contribution < 1.29 is 45.1 Å². The van der Waals surface area contributed by atoms with Crippen LogP contribution in [0.25, 0.3) is 6.08 Å². The number of hydrogen-bond donors (Lipinski definition) is 3. The van der Waals surface area contributed by atoms with Gasteiger partial charge in [-0.05, 0) is 60.4 Å². The lowest BCUT2D eigenvalue weighted by Gasteiger charge is -2.17. The lowest BCUT2D eigenvalue weighted by molar-refractivity contribution is -0.143. The maximum atomic E-state index is 14.3. The van der Waals surface area contributed by atoms with E-state index in [4.69, 9.17) is 0 Å². The molecule has 49 heavy (non-hydrogen) atoms. The van der Waals surface area contributed by atoms with Crippen molar-refractivity contribution in [3.63, 3.8) is 0 Å². The van der Waals surface area contributed by atoms with Gasteiger partial charge in [0.05, 0.1) is 5.25 Å². The second-order valence-corrected chi connectivity index (χ2v) is 12.3. The summed E-state index contributed by atoms with van der Waals surface area (Å²) in [5, 5.41) is 5.70. The average molecular weight is 704 g/mol. The molecule has 0 spiro atoms. The van der Waals surface area contributed by atoms with Crippen LogP contribution in [0.1, 0.15) is 53.7 Å². The average Bonchev–Trinajstić information content (AvgIpc) is 3.05. The molecule has 6 nitrogen and oxygen atoms in total. The highest BCUT2D eigenvalue weighted by Gasteiger charge is 2.42. The summed E-state index contributed by atoms with van der Waals surface area (Å²) >= 11 is 0.802. The third-order valence-corrected chi connectivity index (χ3v) is 8.11. The maximum Gasteiger partial charge on any atom is 0.422 e. The van der Waals surface area contributed by atoms with Gasteiger partial charge in [0.25, 0.3) is 11.8 Å². The first-order valence-corrected chi connectivity index (χ1v) is 15.4. The molecule has 3 N–H and O–H groups in total. The van der Waals surface area contributed by atoms with E-state index in [0.717, 1.165) is 17.3 Å². The third kappa shape index (κ3) is 9.08. The SMILES string of the molecule is CC(Sc1cccc(NC(=O)/C(=C\c2ccc(C(C)C)cc2)NC(=O)c2ccccc2)c1)C(=O)Nc1c(F)c(F)c(C(F)(F)F)c(F)c1F. The predicted molar refractivity (Wildman–Crippen MR) is 173 cm³/mol. The van der Waals surface area contributed by atoms with Gasteiger partial charge in [-0.1, -0.05) is 62.4 Å². The van der Waals surface area contributed by atoms with Gasteiger partial charge >= 0.3 is 6.18 Å². The molecule has 0 saturated heterocycles. The topological polar surface area (TPSA) is 87.3 Å². The Labute approximate surface area is 280 Å². The molecule has 4 aromatic carbocycles. The maximum absolute atomic E-state index is 14.3. The summed E-state index contributed by atoms with van der Waals surface area (Å²) in [5.74, 6) is -12.4. The van der Waals surface area contributed by atoms with Gasteiger partial charge in [-0.2, -0.15) is 13.2 Å². The Kier molecular flexibility index (Phi) is 11.5. The fraction of sp³-hybridized carbons (Fsp3) is 0.171. The molecular weight excluding hydrogens is 675 g/mol. The lowest BCUT2D eigenvalue weighted by atomic mass is 10.0. The van der Waals surface area contributed by atoms with Gasteiger partial charge in [0.15, 0.2) is 23.3 Å². The van der Waals surface area contributed by atoms with Crippen LogP contribution in [0.2, 0.25) is 0 Å². The normalized spacial score (nSPS) is 12.4. The minimum absolute atomic E-state index is 0.0861. The summed E-state index contributed by atoms with van der Waals surface area (Å²) in [5.41, 5.74) is -2.32. The number of amides is 3. The number of thioether (sulfide) groups is 1. The minimum Gasteiger partial charge on any atom is -0.321 e. The van der Waals surface area contributed by atoms with E-state index >= 15 is 0 Å². The second-order valence-electron chi connectivity index (χ2n) is 10.9. The van der Waals surface area contributed by atoms with Crippen molar-refractivity contribution in [1.29, 1.82) is 0 Å². The number of carbonyl (C=O) groups excluding carboxylic acids is 3. The molecule has 3 amide bonds. The molecule has 0 aliphatic carbocycles. The summed E-state index contributed by atoms with van der Waals surface area (Å²) in [6.45, 7) is 5.33. The molecule has 4 aromatic rings. The van der Waals surface area contributed by atoms with Crippen LogP contribution in [0.4, 0.5) is 42.1 Å². The molecule has 14 heteroatoms. The molecule has 0 aliphatic rings. The molecule has 0 aliphatic heterocycles. The lowest BCUT2D eigenvalue weighted by Crippen LogP contribution is -2.30. The highest BCUT2D eigenvalue weighted by molar-refractivity contribution is 8.00.